The summed E-state index contributed by atoms with van der Waals surface area (Å²) >= 11 is 1.82. The molecule has 1 atom stereocenters. The minimum Gasteiger partial charge on any atom is -0.387 e. The number of likely N-dealkylation sites (tertiary alicyclic amines) is 1. The van der Waals surface area contributed by atoms with Crippen molar-refractivity contribution in [1.29, 1.82) is 0 Å². The van der Waals surface area contributed by atoms with E-state index in [-0.39, 0.29) is 29.5 Å². The summed E-state index contributed by atoms with van der Waals surface area (Å²) in [6, 6.07) is 0. The van der Waals surface area contributed by atoms with Crippen LogP contribution in [-0.4, -0.2) is 58.2 Å². The van der Waals surface area contributed by atoms with Gasteiger partial charge in [0.15, 0.2) is 5.96 Å². The van der Waals surface area contributed by atoms with Crippen LogP contribution in [0, 0.1) is 5.41 Å². The number of hydrogen-bond acceptors (Lipinski definition) is 3. The Labute approximate surface area is 150 Å². The maximum Gasteiger partial charge on any atom is 0.194 e. The number of hydrogen-bond donors (Lipinski definition) is 2. The molecule has 2 heterocycles. The standard InChI is InChI=1S/C15H29N3OS.HI/c1-6-16-12(17-9-15(19)7-8-20-11-15)18-10-13(2,3)14(18,4)5;/h19H,6-11H2,1-5H3,(H,16,17);1H. The molecule has 1 unspecified atom stereocenters. The molecular weight excluding hydrogens is 397 g/mol. The molecule has 0 aromatic rings. The number of rotatable bonds is 3. The fourth-order valence-electron chi connectivity index (χ4n) is 2.74. The van der Waals surface area contributed by atoms with Gasteiger partial charge in [0, 0.05) is 29.8 Å². The molecule has 2 fully saturated rings. The summed E-state index contributed by atoms with van der Waals surface area (Å²) in [6.07, 6.45) is 0.857. The van der Waals surface area contributed by atoms with E-state index in [1.807, 2.05) is 11.8 Å². The highest BCUT2D eigenvalue weighted by Crippen LogP contribution is 2.46. The number of nitrogens with zero attached hydrogens (tertiary/aromatic N) is 2. The summed E-state index contributed by atoms with van der Waals surface area (Å²) < 4.78 is 0. The minimum absolute atomic E-state index is 0. The third kappa shape index (κ3) is 3.80. The fraction of sp³-hybridized carbons (Fsp3) is 0.933. The molecule has 2 aliphatic heterocycles. The van der Waals surface area contributed by atoms with Gasteiger partial charge in [-0.05, 0) is 32.9 Å². The van der Waals surface area contributed by atoms with Gasteiger partial charge in [-0.3, -0.25) is 4.99 Å². The lowest BCUT2D eigenvalue weighted by atomic mass is 9.65. The number of halogens is 1. The van der Waals surface area contributed by atoms with Gasteiger partial charge in [0.25, 0.3) is 0 Å². The van der Waals surface area contributed by atoms with Gasteiger partial charge in [0.05, 0.1) is 12.1 Å². The van der Waals surface area contributed by atoms with Crippen molar-refractivity contribution in [2.45, 2.75) is 52.2 Å². The van der Waals surface area contributed by atoms with Gasteiger partial charge in [0.2, 0.25) is 0 Å². The average Bonchev–Trinajstić information content (AvgIpc) is 2.79. The van der Waals surface area contributed by atoms with Crippen molar-refractivity contribution in [2.75, 3.05) is 31.1 Å². The average molecular weight is 427 g/mol. The van der Waals surface area contributed by atoms with E-state index in [0.29, 0.717) is 12.0 Å². The number of aliphatic hydroxyl groups is 1. The third-order valence-electron chi connectivity index (χ3n) is 5.08. The molecule has 21 heavy (non-hydrogen) atoms. The summed E-state index contributed by atoms with van der Waals surface area (Å²) in [5, 5.41) is 13.8. The molecule has 2 aliphatic rings. The van der Waals surface area contributed by atoms with Gasteiger partial charge < -0.3 is 15.3 Å². The molecule has 0 aromatic carbocycles. The van der Waals surface area contributed by atoms with Gasteiger partial charge in [0.1, 0.15) is 0 Å². The predicted molar refractivity (Wildman–Crippen MR) is 103 cm³/mol. The van der Waals surface area contributed by atoms with E-state index in [0.717, 1.165) is 37.0 Å². The van der Waals surface area contributed by atoms with Crippen molar-refractivity contribution in [3.05, 3.63) is 0 Å². The molecule has 4 nitrogen and oxygen atoms in total. The summed E-state index contributed by atoms with van der Waals surface area (Å²) in [7, 11) is 0. The van der Waals surface area contributed by atoms with Crippen LogP contribution in [-0.2, 0) is 0 Å². The predicted octanol–water partition coefficient (Wildman–Crippen LogP) is 2.56. The van der Waals surface area contributed by atoms with Crippen LogP contribution in [0.25, 0.3) is 0 Å². The third-order valence-corrected chi connectivity index (χ3v) is 6.31. The Balaban J connectivity index is 0.00000220. The van der Waals surface area contributed by atoms with Gasteiger partial charge in [-0.2, -0.15) is 11.8 Å². The monoisotopic (exact) mass is 427 g/mol. The second-order valence-corrected chi connectivity index (χ2v) is 8.33. The Hall–Kier alpha value is 0.310. The molecule has 0 saturated carbocycles. The first-order valence-corrected chi connectivity index (χ1v) is 8.73. The highest BCUT2D eigenvalue weighted by molar-refractivity contribution is 14.0. The zero-order chi connectivity index (χ0) is 15.0. The van der Waals surface area contributed by atoms with Crippen LogP contribution in [0.1, 0.15) is 41.0 Å². The van der Waals surface area contributed by atoms with Gasteiger partial charge in [-0.25, -0.2) is 0 Å². The van der Waals surface area contributed by atoms with Crippen LogP contribution < -0.4 is 5.32 Å². The Morgan fingerprint density at radius 2 is 2.00 bits per heavy atom. The normalized spacial score (nSPS) is 30.6. The molecule has 2 rings (SSSR count). The van der Waals surface area contributed by atoms with Crippen LogP contribution in [0.15, 0.2) is 4.99 Å². The van der Waals surface area contributed by atoms with Crippen molar-refractivity contribution in [2.24, 2.45) is 10.4 Å². The molecule has 6 heteroatoms. The molecular formula is C15H30IN3OS. The largest absolute Gasteiger partial charge is 0.387 e. The van der Waals surface area contributed by atoms with Gasteiger partial charge >= 0.3 is 0 Å². The number of thioether (sulfide) groups is 1. The van der Waals surface area contributed by atoms with Crippen LogP contribution in [0.4, 0.5) is 0 Å². The van der Waals surface area contributed by atoms with E-state index in [1.54, 1.807) is 0 Å². The zero-order valence-corrected chi connectivity index (χ0v) is 17.0. The van der Waals surface area contributed by atoms with Crippen LogP contribution in [0.3, 0.4) is 0 Å². The number of guanidine groups is 1. The second-order valence-electron chi connectivity index (χ2n) is 7.23. The SMILES string of the molecule is CCNC(=NCC1(O)CCSC1)N1CC(C)(C)C1(C)C.I. The Bertz CT molecular complexity index is 392. The topological polar surface area (TPSA) is 47.9 Å². The van der Waals surface area contributed by atoms with Crippen molar-refractivity contribution in [1.82, 2.24) is 10.2 Å². The van der Waals surface area contributed by atoms with Crippen LogP contribution in [0.5, 0.6) is 0 Å². The molecule has 0 spiro atoms. The van der Waals surface area contributed by atoms with Crippen molar-refractivity contribution >= 4 is 41.7 Å². The van der Waals surface area contributed by atoms with Gasteiger partial charge in [-0.1, -0.05) is 13.8 Å². The van der Waals surface area contributed by atoms with E-state index >= 15 is 0 Å². The first kappa shape index (κ1) is 19.4. The summed E-state index contributed by atoms with van der Waals surface area (Å²) in [6.45, 7) is 13.6. The molecule has 2 saturated heterocycles. The molecule has 0 amide bonds. The van der Waals surface area contributed by atoms with E-state index in [1.165, 1.54) is 0 Å². The lowest BCUT2D eigenvalue weighted by Crippen LogP contribution is -2.72. The molecule has 0 aliphatic carbocycles. The van der Waals surface area contributed by atoms with Crippen LogP contribution >= 0.6 is 35.7 Å². The van der Waals surface area contributed by atoms with E-state index < -0.39 is 5.60 Å². The Morgan fingerprint density at radius 3 is 2.43 bits per heavy atom. The first-order valence-electron chi connectivity index (χ1n) is 7.58. The summed E-state index contributed by atoms with van der Waals surface area (Å²) in [4.78, 5) is 7.05. The lowest BCUT2D eigenvalue weighted by Gasteiger charge is -2.62. The lowest BCUT2D eigenvalue weighted by molar-refractivity contribution is -0.0670. The molecule has 124 valence electrons. The minimum atomic E-state index is -0.601. The van der Waals surface area contributed by atoms with Crippen molar-refractivity contribution in [3.63, 3.8) is 0 Å². The maximum atomic E-state index is 10.4. The molecule has 2 N–H and O–H groups in total. The van der Waals surface area contributed by atoms with E-state index in [9.17, 15) is 5.11 Å². The molecule has 0 aromatic heterocycles. The highest BCUT2D eigenvalue weighted by atomic mass is 127. The summed E-state index contributed by atoms with van der Waals surface area (Å²) in [5.74, 6) is 2.80. The van der Waals surface area contributed by atoms with Crippen LogP contribution in [0.2, 0.25) is 0 Å². The number of aliphatic imine (C=N–C) groups is 1. The quantitative estimate of drug-likeness (QED) is 0.413. The Morgan fingerprint density at radius 1 is 1.33 bits per heavy atom. The van der Waals surface area contributed by atoms with Crippen molar-refractivity contribution < 1.29 is 5.11 Å². The van der Waals surface area contributed by atoms with Gasteiger partial charge in [-0.15, -0.1) is 24.0 Å². The first-order chi connectivity index (χ1) is 9.22. The fourth-order valence-corrected chi connectivity index (χ4v) is 4.02. The highest BCUT2D eigenvalue weighted by Gasteiger charge is 2.53. The number of nitrogens with one attached hydrogen (secondary N) is 1. The summed E-state index contributed by atoms with van der Waals surface area (Å²) in [5.41, 5.74) is -0.208. The molecule has 0 radical (unpaired) electrons. The van der Waals surface area contributed by atoms with E-state index in [2.05, 4.69) is 44.8 Å². The molecule has 0 bridgehead atoms. The van der Waals surface area contributed by atoms with Crippen molar-refractivity contribution in [3.8, 4) is 0 Å². The van der Waals surface area contributed by atoms with E-state index in [4.69, 9.17) is 4.99 Å². The smallest absolute Gasteiger partial charge is 0.194 e. The zero-order valence-electron chi connectivity index (χ0n) is 13.9. The second kappa shape index (κ2) is 6.83. The Kier molecular flexibility index (Phi) is 6.29. The maximum absolute atomic E-state index is 10.4.